The van der Waals surface area contributed by atoms with Crippen molar-refractivity contribution in [3.05, 3.63) is 108 Å². The maximum absolute atomic E-state index is 11.1. The van der Waals surface area contributed by atoms with Crippen LogP contribution in [0.2, 0.25) is 0 Å². The third-order valence-corrected chi connectivity index (χ3v) is 6.12. The van der Waals surface area contributed by atoms with Crippen molar-refractivity contribution in [3.63, 3.8) is 0 Å². The van der Waals surface area contributed by atoms with Crippen LogP contribution in [0.3, 0.4) is 0 Å². The second kappa shape index (κ2) is 12.8. The summed E-state index contributed by atoms with van der Waals surface area (Å²) in [5.41, 5.74) is 3.21. The van der Waals surface area contributed by atoms with Gasteiger partial charge >= 0.3 is 0 Å². The maximum atomic E-state index is 11.1. The zero-order valence-electron chi connectivity index (χ0n) is 19.7. The zero-order valence-corrected chi connectivity index (χ0v) is 19.7. The minimum Gasteiger partial charge on any atom is -0.388 e. The Labute approximate surface area is 202 Å². The first-order chi connectivity index (χ1) is 16.7. The van der Waals surface area contributed by atoms with Gasteiger partial charge in [0.1, 0.15) is 24.4 Å². The van der Waals surface area contributed by atoms with Gasteiger partial charge in [-0.15, -0.1) is 0 Å². The van der Waals surface area contributed by atoms with E-state index in [-0.39, 0.29) is 12.2 Å². The number of ether oxygens (including phenoxy) is 4. The van der Waals surface area contributed by atoms with Gasteiger partial charge in [-0.3, -0.25) is 0 Å². The highest BCUT2D eigenvalue weighted by molar-refractivity contribution is 5.15. The van der Waals surface area contributed by atoms with E-state index in [2.05, 4.69) is 0 Å². The van der Waals surface area contributed by atoms with Gasteiger partial charge in [-0.1, -0.05) is 97.9 Å². The van der Waals surface area contributed by atoms with Crippen molar-refractivity contribution < 1.29 is 24.1 Å². The van der Waals surface area contributed by atoms with Crippen molar-refractivity contribution >= 4 is 0 Å². The largest absolute Gasteiger partial charge is 0.388 e. The molecule has 3 aromatic carbocycles. The minimum absolute atomic E-state index is 0.345. The van der Waals surface area contributed by atoms with E-state index in [4.69, 9.17) is 18.9 Å². The number of benzene rings is 3. The van der Waals surface area contributed by atoms with Gasteiger partial charge in [0.05, 0.1) is 32.5 Å². The molecule has 0 aromatic heterocycles. The number of rotatable bonds is 11. The van der Waals surface area contributed by atoms with Crippen LogP contribution in [-0.2, 0) is 38.8 Å². The van der Waals surface area contributed by atoms with Gasteiger partial charge in [-0.05, 0) is 23.1 Å². The van der Waals surface area contributed by atoms with Crippen LogP contribution in [0, 0.1) is 0 Å². The van der Waals surface area contributed by atoms with E-state index in [1.54, 1.807) is 0 Å². The van der Waals surface area contributed by atoms with E-state index in [0.717, 1.165) is 16.7 Å². The molecule has 5 atom stereocenters. The molecule has 180 valence electrons. The summed E-state index contributed by atoms with van der Waals surface area (Å²) in [5.74, 6) is 0. The molecule has 3 aromatic rings. The highest BCUT2D eigenvalue weighted by Gasteiger charge is 2.46. The summed E-state index contributed by atoms with van der Waals surface area (Å²) in [6.07, 6.45) is -1.83. The Morgan fingerprint density at radius 1 is 0.647 bits per heavy atom. The third kappa shape index (κ3) is 6.75. The van der Waals surface area contributed by atoms with E-state index >= 15 is 0 Å². The Morgan fingerprint density at radius 3 is 1.62 bits per heavy atom. The predicted molar refractivity (Wildman–Crippen MR) is 131 cm³/mol. The molecule has 0 spiro atoms. The molecule has 5 heteroatoms. The molecule has 34 heavy (non-hydrogen) atoms. The Kier molecular flexibility index (Phi) is 9.25. The van der Waals surface area contributed by atoms with Crippen LogP contribution in [0.4, 0.5) is 0 Å². The average molecular weight is 463 g/mol. The number of hydrogen-bond donors (Lipinski definition) is 1. The van der Waals surface area contributed by atoms with Crippen LogP contribution in [0.15, 0.2) is 91.0 Å². The number of aliphatic hydroxyl groups excluding tert-OH is 1. The molecule has 1 heterocycles. The molecular weight excluding hydrogens is 428 g/mol. The van der Waals surface area contributed by atoms with E-state index < -0.39 is 18.3 Å². The third-order valence-electron chi connectivity index (χ3n) is 6.12. The topological polar surface area (TPSA) is 57.2 Å². The van der Waals surface area contributed by atoms with Crippen molar-refractivity contribution in [2.24, 2.45) is 0 Å². The van der Waals surface area contributed by atoms with Crippen LogP contribution < -0.4 is 0 Å². The summed E-state index contributed by atoms with van der Waals surface area (Å²) >= 11 is 0. The Bertz CT molecular complexity index is 950. The van der Waals surface area contributed by atoms with Crippen molar-refractivity contribution in [3.8, 4) is 0 Å². The lowest BCUT2D eigenvalue weighted by Crippen LogP contribution is -2.60. The van der Waals surface area contributed by atoms with Crippen molar-refractivity contribution in [1.82, 2.24) is 0 Å². The van der Waals surface area contributed by atoms with Crippen LogP contribution in [0.5, 0.6) is 0 Å². The zero-order chi connectivity index (χ0) is 23.6. The summed E-state index contributed by atoms with van der Waals surface area (Å²) in [5, 5.41) is 11.1. The molecule has 0 aliphatic carbocycles. The molecule has 1 aliphatic rings. The number of aliphatic hydroxyl groups is 1. The summed E-state index contributed by atoms with van der Waals surface area (Å²) in [6.45, 7) is 3.64. The molecule has 0 unspecified atom stereocenters. The fraction of sp³-hybridized carbons (Fsp3) is 0.379. The molecule has 4 rings (SSSR count). The monoisotopic (exact) mass is 462 g/mol. The van der Waals surface area contributed by atoms with Gasteiger partial charge in [0.2, 0.25) is 0 Å². The van der Waals surface area contributed by atoms with Crippen LogP contribution in [0.25, 0.3) is 0 Å². The van der Waals surface area contributed by atoms with E-state index in [1.165, 1.54) is 0 Å². The lowest BCUT2D eigenvalue weighted by molar-refractivity contribution is -0.261. The van der Waals surface area contributed by atoms with Gasteiger partial charge in [-0.2, -0.15) is 0 Å². The lowest BCUT2D eigenvalue weighted by atomic mass is 9.93. The van der Waals surface area contributed by atoms with Gasteiger partial charge in [0, 0.05) is 0 Å². The van der Waals surface area contributed by atoms with Crippen molar-refractivity contribution in [1.29, 1.82) is 0 Å². The van der Waals surface area contributed by atoms with Crippen LogP contribution in [0.1, 0.15) is 30.0 Å². The molecule has 0 saturated carbocycles. The van der Waals surface area contributed by atoms with Gasteiger partial charge in [0.25, 0.3) is 0 Å². The van der Waals surface area contributed by atoms with Crippen molar-refractivity contribution in [2.45, 2.75) is 63.7 Å². The fourth-order valence-electron chi connectivity index (χ4n) is 4.27. The Hall–Kier alpha value is -2.54. The SMILES string of the molecule is CC[C@@H]1O[C@H](COCc2ccccc2)[C@@H](OCc2ccccc2)[C@H](OCc2ccccc2)[C@H]1O. The first-order valence-electron chi connectivity index (χ1n) is 12.0. The molecular formula is C29H34O5. The second-order valence-corrected chi connectivity index (χ2v) is 8.63. The van der Waals surface area contributed by atoms with E-state index in [0.29, 0.717) is 32.8 Å². The highest BCUT2D eigenvalue weighted by atomic mass is 16.6. The van der Waals surface area contributed by atoms with Gasteiger partial charge in [0.15, 0.2) is 0 Å². The summed E-state index contributed by atoms with van der Waals surface area (Å²) < 4.78 is 25.0. The molecule has 5 nitrogen and oxygen atoms in total. The van der Waals surface area contributed by atoms with E-state index in [1.807, 2.05) is 97.9 Å². The molecule has 1 saturated heterocycles. The Balaban J connectivity index is 1.48. The van der Waals surface area contributed by atoms with Crippen molar-refractivity contribution in [2.75, 3.05) is 6.61 Å². The first kappa shape index (κ1) is 24.6. The summed E-state index contributed by atoms with van der Waals surface area (Å²) in [4.78, 5) is 0. The minimum atomic E-state index is -0.792. The van der Waals surface area contributed by atoms with Crippen LogP contribution >= 0.6 is 0 Å². The quantitative estimate of drug-likeness (QED) is 0.439. The molecule has 0 amide bonds. The highest BCUT2D eigenvalue weighted by Crippen LogP contribution is 2.29. The molecule has 1 fully saturated rings. The maximum Gasteiger partial charge on any atom is 0.115 e. The summed E-state index contributed by atoms with van der Waals surface area (Å²) in [6, 6.07) is 30.0. The average Bonchev–Trinajstić information content (AvgIpc) is 2.89. The first-order valence-corrected chi connectivity index (χ1v) is 12.0. The summed E-state index contributed by atoms with van der Waals surface area (Å²) in [7, 11) is 0. The second-order valence-electron chi connectivity index (χ2n) is 8.63. The standard InChI is InChI=1S/C29H34O5/c1-2-25-27(30)29(33-20-24-16-10-5-11-17-24)28(32-19-23-14-8-4-9-15-23)26(34-25)21-31-18-22-12-6-3-7-13-22/h3-17,25-30H,2,18-21H2,1H3/t25-,26+,27-,28+,29+/m0/s1. The lowest BCUT2D eigenvalue weighted by Gasteiger charge is -2.44. The molecule has 1 aliphatic heterocycles. The van der Waals surface area contributed by atoms with Gasteiger partial charge < -0.3 is 24.1 Å². The molecule has 0 bridgehead atoms. The predicted octanol–water partition coefficient (Wildman–Crippen LogP) is 4.91. The number of hydrogen-bond acceptors (Lipinski definition) is 5. The van der Waals surface area contributed by atoms with Crippen LogP contribution in [-0.4, -0.2) is 42.2 Å². The smallest absolute Gasteiger partial charge is 0.115 e. The van der Waals surface area contributed by atoms with Gasteiger partial charge in [-0.25, -0.2) is 0 Å². The Morgan fingerprint density at radius 2 is 1.12 bits per heavy atom. The normalized spacial score (nSPS) is 24.7. The fourth-order valence-corrected chi connectivity index (χ4v) is 4.27. The molecule has 1 N–H and O–H groups in total. The van der Waals surface area contributed by atoms with E-state index in [9.17, 15) is 5.11 Å². The molecule has 0 radical (unpaired) electrons.